The van der Waals surface area contributed by atoms with Gasteiger partial charge in [-0.05, 0) is 48.6 Å². The summed E-state index contributed by atoms with van der Waals surface area (Å²) in [5.41, 5.74) is 11.4. The first-order chi connectivity index (χ1) is 13.8. The molecule has 8 heteroatoms. The number of fused-ring (bicyclic) bond motifs is 3. The molecule has 1 aromatic carbocycles. The van der Waals surface area contributed by atoms with Crippen molar-refractivity contribution in [3.63, 3.8) is 0 Å². The van der Waals surface area contributed by atoms with Gasteiger partial charge in [-0.2, -0.15) is 9.67 Å². The van der Waals surface area contributed by atoms with Crippen LogP contribution in [0.15, 0.2) is 54.9 Å². The topological polar surface area (TPSA) is 107 Å². The maximum atomic E-state index is 6.08. The van der Waals surface area contributed by atoms with Gasteiger partial charge in [0.2, 0.25) is 11.9 Å². The van der Waals surface area contributed by atoms with E-state index in [0.717, 1.165) is 41.8 Å². The van der Waals surface area contributed by atoms with Crippen molar-refractivity contribution in [2.24, 2.45) is 0 Å². The monoisotopic (exact) mass is 370 g/mol. The third-order valence-corrected chi connectivity index (χ3v) is 4.79. The van der Waals surface area contributed by atoms with Gasteiger partial charge in [-0.3, -0.25) is 4.98 Å². The minimum atomic E-state index is 0.245. The molecule has 0 unspecified atom stereocenters. The largest absolute Gasteiger partial charge is 0.368 e. The van der Waals surface area contributed by atoms with Crippen molar-refractivity contribution in [2.75, 3.05) is 11.1 Å². The molecule has 0 fully saturated rings. The van der Waals surface area contributed by atoms with E-state index in [2.05, 4.69) is 48.8 Å². The Morgan fingerprint density at radius 1 is 1.00 bits per heavy atom. The fraction of sp³-hybridized carbons (Fsp3) is 0.150. The normalized spacial score (nSPS) is 12.7. The van der Waals surface area contributed by atoms with Crippen LogP contribution < -0.4 is 11.1 Å². The van der Waals surface area contributed by atoms with E-state index in [1.807, 2.05) is 24.3 Å². The van der Waals surface area contributed by atoms with Gasteiger partial charge in [0.1, 0.15) is 0 Å². The minimum Gasteiger partial charge on any atom is -0.368 e. The van der Waals surface area contributed by atoms with Gasteiger partial charge in [-0.25, -0.2) is 0 Å². The van der Waals surface area contributed by atoms with E-state index in [1.165, 1.54) is 10.2 Å². The standard InChI is InChI=1S/C20H18N8/c21-19-24-20(23-15-8-4-10-22-12-15)27-28(19)17-11-14-7-3-6-13-5-1-2-9-16(13)18(14)26-25-17/h1-2,4-5,8-12H,3,6-7H2,(H3,21,23,24,27). The average molecular weight is 370 g/mol. The molecule has 3 heterocycles. The van der Waals surface area contributed by atoms with Crippen LogP contribution in [0.25, 0.3) is 17.1 Å². The molecule has 0 bridgehead atoms. The summed E-state index contributed by atoms with van der Waals surface area (Å²) >= 11 is 0. The summed E-state index contributed by atoms with van der Waals surface area (Å²) in [5.74, 6) is 1.18. The highest BCUT2D eigenvalue weighted by Gasteiger charge is 2.18. The average Bonchev–Trinajstić information content (AvgIpc) is 2.98. The molecular formula is C20H18N8. The van der Waals surface area contributed by atoms with Crippen molar-refractivity contribution in [2.45, 2.75) is 19.3 Å². The molecule has 0 radical (unpaired) electrons. The van der Waals surface area contributed by atoms with Gasteiger partial charge >= 0.3 is 0 Å². The van der Waals surface area contributed by atoms with Crippen molar-refractivity contribution in [3.8, 4) is 17.1 Å². The number of pyridine rings is 1. The van der Waals surface area contributed by atoms with Crippen LogP contribution in [0.1, 0.15) is 17.5 Å². The lowest BCUT2D eigenvalue weighted by molar-refractivity contribution is 0.801. The number of aromatic nitrogens is 6. The smallest absolute Gasteiger partial charge is 0.248 e. The SMILES string of the molecule is Nc1nc(Nc2cccnc2)nn1-c1cc2c(nn1)-c1ccccc1CCC2. The minimum absolute atomic E-state index is 0.245. The van der Waals surface area contributed by atoms with Gasteiger partial charge < -0.3 is 11.1 Å². The van der Waals surface area contributed by atoms with Gasteiger partial charge in [0.05, 0.1) is 17.6 Å². The summed E-state index contributed by atoms with van der Waals surface area (Å²) in [5, 5.41) is 16.4. The fourth-order valence-electron chi connectivity index (χ4n) is 3.49. The lowest BCUT2D eigenvalue weighted by atomic mass is 10.0. The zero-order valence-corrected chi connectivity index (χ0v) is 15.1. The first-order valence-corrected chi connectivity index (χ1v) is 9.13. The van der Waals surface area contributed by atoms with Crippen LogP contribution in [0.4, 0.5) is 17.6 Å². The highest BCUT2D eigenvalue weighted by molar-refractivity contribution is 5.68. The maximum Gasteiger partial charge on any atom is 0.248 e. The molecule has 8 nitrogen and oxygen atoms in total. The van der Waals surface area contributed by atoms with Gasteiger partial charge in [0.25, 0.3) is 0 Å². The van der Waals surface area contributed by atoms with E-state index in [-0.39, 0.29) is 5.95 Å². The van der Waals surface area contributed by atoms with Crippen molar-refractivity contribution < 1.29 is 0 Å². The molecule has 0 spiro atoms. The Hall–Kier alpha value is -3.81. The van der Waals surface area contributed by atoms with Crippen LogP contribution in [0.2, 0.25) is 0 Å². The third-order valence-electron chi connectivity index (χ3n) is 4.79. The summed E-state index contributed by atoms with van der Waals surface area (Å²) in [7, 11) is 0. The van der Waals surface area contributed by atoms with E-state index < -0.39 is 0 Å². The molecule has 3 N–H and O–H groups in total. The molecular weight excluding hydrogens is 352 g/mol. The fourth-order valence-corrected chi connectivity index (χ4v) is 3.49. The predicted molar refractivity (Wildman–Crippen MR) is 106 cm³/mol. The van der Waals surface area contributed by atoms with Gasteiger partial charge in [0, 0.05) is 11.8 Å². The van der Waals surface area contributed by atoms with Gasteiger partial charge in [-0.15, -0.1) is 15.3 Å². The molecule has 0 atom stereocenters. The number of nitrogens with zero attached hydrogens (tertiary/aromatic N) is 6. The number of rotatable bonds is 3. The molecule has 0 aliphatic heterocycles. The number of nitrogen functional groups attached to an aromatic ring is 1. The summed E-state index contributed by atoms with van der Waals surface area (Å²) in [4.78, 5) is 8.34. The number of benzene rings is 1. The molecule has 0 saturated heterocycles. The molecule has 3 aromatic heterocycles. The second kappa shape index (κ2) is 6.73. The lowest BCUT2D eigenvalue weighted by Crippen LogP contribution is -2.08. The quantitative estimate of drug-likeness (QED) is 0.571. The number of hydrogen-bond acceptors (Lipinski definition) is 7. The first-order valence-electron chi connectivity index (χ1n) is 9.13. The van der Waals surface area contributed by atoms with E-state index in [9.17, 15) is 0 Å². The number of nitrogens with two attached hydrogens (primary N) is 1. The Balaban J connectivity index is 1.51. The maximum absolute atomic E-state index is 6.08. The molecule has 28 heavy (non-hydrogen) atoms. The van der Waals surface area contributed by atoms with Gasteiger partial charge in [0.15, 0.2) is 5.82 Å². The Labute approximate surface area is 161 Å². The van der Waals surface area contributed by atoms with E-state index in [4.69, 9.17) is 5.73 Å². The molecule has 138 valence electrons. The van der Waals surface area contributed by atoms with E-state index in [0.29, 0.717) is 11.8 Å². The Morgan fingerprint density at radius 2 is 1.89 bits per heavy atom. The molecule has 0 amide bonds. The molecule has 0 saturated carbocycles. The zero-order chi connectivity index (χ0) is 18.9. The van der Waals surface area contributed by atoms with Crippen LogP contribution in [-0.2, 0) is 12.8 Å². The molecule has 5 rings (SSSR count). The number of anilines is 3. The lowest BCUT2D eigenvalue weighted by Gasteiger charge is -2.09. The third kappa shape index (κ3) is 2.94. The summed E-state index contributed by atoms with van der Waals surface area (Å²) in [6, 6.07) is 14.1. The summed E-state index contributed by atoms with van der Waals surface area (Å²) in [6.07, 6.45) is 6.43. The number of aryl methyl sites for hydroxylation is 2. The van der Waals surface area contributed by atoms with Crippen molar-refractivity contribution >= 4 is 17.6 Å². The van der Waals surface area contributed by atoms with Crippen molar-refractivity contribution in [1.82, 2.24) is 29.9 Å². The van der Waals surface area contributed by atoms with Crippen LogP contribution in [-0.4, -0.2) is 29.9 Å². The predicted octanol–water partition coefficient (Wildman–Crippen LogP) is 2.93. The second-order valence-corrected chi connectivity index (χ2v) is 6.66. The second-order valence-electron chi connectivity index (χ2n) is 6.66. The molecule has 4 aromatic rings. The van der Waals surface area contributed by atoms with Gasteiger partial charge in [-0.1, -0.05) is 24.3 Å². The van der Waals surface area contributed by atoms with Crippen LogP contribution in [0, 0.1) is 0 Å². The highest BCUT2D eigenvalue weighted by atomic mass is 15.4. The van der Waals surface area contributed by atoms with E-state index in [1.54, 1.807) is 12.4 Å². The van der Waals surface area contributed by atoms with Crippen LogP contribution >= 0.6 is 0 Å². The summed E-state index contributed by atoms with van der Waals surface area (Å²) < 4.78 is 1.50. The highest BCUT2D eigenvalue weighted by Crippen LogP contribution is 2.31. The zero-order valence-electron chi connectivity index (χ0n) is 15.1. The Kier molecular flexibility index (Phi) is 3.93. The number of hydrogen-bond donors (Lipinski definition) is 2. The van der Waals surface area contributed by atoms with Crippen LogP contribution in [0.5, 0.6) is 0 Å². The van der Waals surface area contributed by atoms with E-state index >= 15 is 0 Å². The molecule has 1 aliphatic rings. The van der Waals surface area contributed by atoms with Crippen LogP contribution in [0.3, 0.4) is 0 Å². The van der Waals surface area contributed by atoms with Crippen molar-refractivity contribution in [3.05, 3.63) is 66.0 Å². The summed E-state index contributed by atoms with van der Waals surface area (Å²) in [6.45, 7) is 0. The number of nitrogens with one attached hydrogen (secondary N) is 1. The Bertz CT molecular complexity index is 1140. The van der Waals surface area contributed by atoms with Crippen molar-refractivity contribution in [1.29, 1.82) is 0 Å². The first kappa shape index (κ1) is 16.4. The Morgan fingerprint density at radius 3 is 2.79 bits per heavy atom. The molecule has 1 aliphatic carbocycles.